The van der Waals surface area contributed by atoms with Crippen molar-refractivity contribution >= 4 is 17.7 Å². The summed E-state index contributed by atoms with van der Waals surface area (Å²) < 4.78 is 5.75. The maximum atomic E-state index is 12.3. The van der Waals surface area contributed by atoms with Crippen LogP contribution in [0.15, 0.2) is 78.9 Å². The van der Waals surface area contributed by atoms with E-state index in [1.165, 1.54) is 0 Å². The van der Waals surface area contributed by atoms with E-state index in [-0.39, 0.29) is 6.54 Å². The second kappa shape index (κ2) is 8.61. The number of rotatable bonds is 7. The summed E-state index contributed by atoms with van der Waals surface area (Å²) in [6, 6.07) is 23.9. The van der Waals surface area contributed by atoms with Crippen LogP contribution in [0.4, 0.5) is 0 Å². The van der Waals surface area contributed by atoms with Gasteiger partial charge in [-0.15, -0.1) is 0 Å². The van der Waals surface area contributed by atoms with Gasteiger partial charge in [-0.2, -0.15) is 0 Å². The molecule has 1 aliphatic heterocycles. The van der Waals surface area contributed by atoms with Crippen molar-refractivity contribution in [2.45, 2.75) is 13.2 Å². The first-order chi connectivity index (χ1) is 14.6. The number of ether oxygens (including phenoxy) is 1. The van der Waals surface area contributed by atoms with Gasteiger partial charge < -0.3 is 10.1 Å². The van der Waals surface area contributed by atoms with E-state index in [1.54, 1.807) is 24.3 Å². The molecule has 0 fully saturated rings. The number of carbonyl (C=O) groups excluding carboxylic acids is 3. The molecule has 0 saturated heterocycles. The molecule has 30 heavy (non-hydrogen) atoms. The van der Waals surface area contributed by atoms with E-state index in [1.807, 2.05) is 54.6 Å². The Morgan fingerprint density at radius 3 is 2.00 bits per heavy atom. The normalized spacial score (nSPS) is 12.6. The molecule has 0 aromatic heterocycles. The predicted molar refractivity (Wildman–Crippen MR) is 111 cm³/mol. The maximum absolute atomic E-state index is 12.3. The minimum absolute atomic E-state index is 0.293. The van der Waals surface area contributed by atoms with Crippen LogP contribution in [0.3, 0.4) is 0 Å². The van der Waals surface area contributed by atoms with Gasteiger partial charge in [-0.1, -0.05) is 54.6 Å². The van der Waals surface area contributed by atoms with Gasteiger partial charge in [-0.25, -0.2) is 0 Å². The minimum atomic E-state index is -0.439. The first kappa shape index (κ1) is 19.4. The lowest BCUT2D eigenvalue weighted by atomic mass is 10.1. The van der Waals surface area contributed by atoms with E-state index < -0.39 is 17.7 Å². The monoisotopic (exact) mass is 400 g/mol. The van der Waals surface area contributed by atoms with Crippen molar-refractivity contribution in [3.63, 3.8) is 0 Å². The van der Waals surface area contributed by atoms with E-state index in [9.17, 15) is 14.4 Å². The highest BCUT2D eigenvalue weighted by molar-refractivity contribution is 6.22. The maximum Gasteiger partial charge on any atom is 0.262 e. The highest BCUT2D eigenvalue weighted by Crippen LogP contribution is 2.22. The lowest BCUT2D eigenvalue weighted by molar-refractivity contribution is -0.121. The molecule has 3 aromatic carbocycles. The van der Waals surface area contributed by atoms with Crippen molar-refractivity contribution in [3.8, 4) is 5.75 Å². The Balaban J connectivity index is 1.27. The highest BCUT2D eigenvalue weighted by atomic mass is 16.5. The Labute approximate surface area is 174 Å². The largest absolute Gasteiger partial charge is 0.489 e. The average Bonchev–Trinajstić information content (AvgIpc) is 3.03. The molecule has 1 aliphatic rings. The Morgan fingerprint density at radius 2 is 1.37 bits per heavy atom. The summed E-state index contributed by atoms with van der Waals surface area (Å²) in [4.78, 5) is 37.9. The first-order valence-corrected chi connectivity index (χ1v) is 9.59. The lowest BCUT2D eigenvalue weighted by Crippen LogP contribution is -2.40. The molecule has 6 heteroatoms. The molecule has 1 N–H and O–H groups in total. The molecule has 0 saturated carbocycles. The number of nitrogens with zero attached hydrogens (tertiary/aromatic N) is 1. The van der Waals surface area contributed by atoms with Crippen molar-refractivity contribution in [1.29, 1.82) is 0 Å². The van der Waals surface area contributed by atoms with Crippen LogP contribution in [0.25, 0.3) is 0 Å². The molecule has 0 spiro atoms. The molecule has 0 aliphatic carbocycles. The van der Waals surface area contributed by atoms with Crippen LogP contribution in [-0.4, -0.2) is 29.2 Å². The van der Waals surface area contributed by atoms with E-state index in [0.29, 0.717) is 24.3 Å². The zero-order valence-electron chi connectivity index (χ0n) is 16.2. The van der Waals surface area contributed by atoms with Crippen molar-refractivity contribution in [2.75, 3.05) is 6.54 Å². The zero-order valence-corrected chi connectivity index (χ0v) is 16.2. The van der Waals surface area contributed by atoms with E-state index in [0.717, 1.165) is 21.8 Å². The minimum Gasteiger partial charge on any atom is -0.489 e. The van der Waals surface area contributed by atoms with Crippen molar-refractivity contribution < 1.29 is 19.1 Å². The van der Waals surface area contributed by atoms with Gasteiger partial charge in [0.1, 0.15) is 18.9 Å². The molecule has 4 rings (SSSR count). The molecule has 3 amide bonds. The lowest BCUT2D eigenvalue weighted by Gasteiger charge is -2.14. The van der Waals surface area contributed by atoms with Crippen LogP contribution >= 0.6 is 0 Å². The molecule has 0 unspecified atom stereocenters. The van der Waals surface area contributed by atoms with Crippen LogP contribution < -0.4 is 10.1 Å². The Bertz CT molecular complexity index is 1040. The van der Waals surface area contributed by atoms with Crippen LogP contribution in [-0.2, 0) is 17.9 Å². The summed E-state index contributed by atoms with van der Waals surface area (Å²) in [6.45, 7) is 0.475. The van der Waals surface area contributed by atoms with Crippen molar-refractivity contribution in [3.05, 3.63) is 101 Å². The van der Waals surface area contributed by atoms with Crippen LogP contribution in [0.2, 0.25) is 0 Å². The van der Waals surface area contributed by atoms with Gasteiger partial charge in [0.2, 0.25) is 5.91 Å². The third kappa shape index (κ3) is 4.22. The van der Waals surface area contributed by atoms with Gasteiger partial charge in [0.05, 0.1) is 11.1 Å². The Hall–Kier alpha value is -3.93. The number of carbonyl (C=O) groups is 3. The molecule has 1 heterocycles. The standard InChI is InChI=1S/C24H20N2O4/c27-22(15-26-23(28)20-8-4-5-9-21(20)24(26)29)25-14-17-10-12-19(13-11-17)30-16-18-6-2-1-3-7-18/h1-13H,14-16H2,(H,25,27). The fraction of sp³-hybridized carbons (Fsp3) is 0.125. The highest BCUT2D eigenvalue weighted by Gasteiger charge is 2.36. The van der Waals surface area contributed by atoms with Crippen LogP contribution in [0, 0.1) is 0 Å². The number of hydrogen-bond acceptors (Lipinski definition) is 4. The van der Waals surface area contributed by atoms with Gasteiger partial charge in [0.15, 0.2) is 0 Å². The quantitative estimate of drug-likeness (QED) is 0.618. The average molecular weight is 400 g/mol. The Kier molecular flexibility index (Phi) is 5.57. The summed E-state index contributed by atoms with van der Waals surface area (Å²) >= 11 is 0. The summed E-state index contributed by atoms with van der Waals surface area (Å²) in [5, 5.41) is 2.75. The van der Waals surface area contributed by atoms with E-state index in [2.05, 4.69) is 5.32 Å². The molecule has 0 bridgehead atoms. The van der Waals surface area contributed by atoms with Gasteiger partial charge >= 0.3 is 0 Å². The first-order valence-electron chi connectivity index (χ1n) is 9.59. The fourth-order valence-corrected chi connectivity index (χ4v) is 3.23. The summed E-state index contributed by atoms with van der Waals surface area (Å²) in [7, 11) is 0. The van der Waals surface area contributed by atoms with E-state index >= 15 is 0 Å². The van der Waals surface area contributed by atoms with Gasteiger partial charge in [0, 0.05) is 6.54 Å². The van der Waals surface area contributed by atoms with Crippen LogP contribution in [0.1, 0.15) is 31.8 Å². The molecular weight excluding hydrogens is 380 g/mol. The third-order valence-electron chi connectivity index (χ3n) is 4.84. The molecule has 0 radical (unpaired) electrons. The fourth-order valence-electron chi connectivity index (χ4n) is 3.23. The molecule has 0 atom stereocenters. The number of fused-ring (bicyclic) bond motifs is 1. The molecule has 3 aromatic rings. The summed E-state index contributed by atoms with van der Waals surface area (Å²) in [6.07, 6.45) is 0. The summed E-state index contributed by atoms with van der Waals surface area (Å²) in [5.74, 6) is -0.537. The van der Waals surface area contributed by atoms with Gasteiger partial charge in [-0.05, 0) is 35.4 Å². The third-order valence-corrected chi connectivity index (χ3v) is 4.84. The van der Waals surface area contributed by atoms with Crippen molar-refractivity contribution in [2.24, 2.45) is 0 Å². The SMILES string of the molecule is O=C(CN1C(=O)c2ccccc2C1=O)NCc1ccc(OCc2ccccc2)cc1. The van der Waals surface area contributed by atoms with Gasteiger partial charge in [-0.3, -0.25) is 19.3 Å². The topological polar surface area (TPSA) is 75.7 Å². The number of imide groups is 1. The second-order valence-corrected chi connectivity index (χ2v) is 6.94. The van der Waals surface area contributed by atoms with Gasteiger partial charge in [0.25, 0.3) is 11.8 Å². The second-order valence-electron chi connectivity index (χ2n) is 6.94. The molecule has 150 valence electrons. The smallest absolute Gasteiger partial charge is 0.262 e. The number of hydrogen-bond donors (Lipinski definition) is 1. The number of nitrogens with one attached hydrogen (secondary N) is 1. The zero-order chi connectivity index (χ0) is 20.9. The molecular formula is C24H20N2O4. The van der Waals surface area contributed by atoms with E-state index in [4.69, 9.17) is 4.74 Å². The predicted octanol–water partition coefficient (Wildman–Crippen LogP) is 3.18. The number of benzene rings is 3. The number of amides is 3. The van der Waals surface area contributed by atoms with Crippen molar-refractivity contribution in [1.82, 2.24) is 10.2 Å². The summed E-state index contributed by atoms with van der Waals surface area (Å²) in [5.41, 5.74) is 2.64. The van der Waals surface area contributed by atoms with Crippen LogP contribution in [0.5, 0.6) is 5.75 Å². The molecule has 6 nitrogen and oxygen atoms in total. The Morgan fingerprint density at radius 1 is 0.767 bits per heavy atom.